The highest BCUT2D eigenvalue weighted by Gasteiger charge is 2.06. The molecule has 2 rings (SSSR count). The average Bonchev–Trinajstić information content (AvgIpc) is 2.92. The van der Waals surface area contributed by atoms with Gasteiger partial charge < -0.3 is 16.0 Å². The molecule has 0 bridgehead atoms. The van der Waals surface area contributed by atoms with Crippen molar-refractivity contribution in [3.8, 4) is 0 Å². The lowest BCUT2D eigenvalue weighted by molar-refractivity contribution is 0.0954. The van der Waals surface area contributed by atoms with Crippen molar-refractivity contribution in [2.24, 2.45) is 4.99 Å². The first kappa shape index (κ1) is 17.9. The van der Waals surface area contributed by atoms with Gasteiger partial charge in [0, 0.05) is 37.4 Å². The van der Waals surface area contributed by atoms with Gasteiger partial charge in [0.15, 0.2) is 5.96 Å². The topological polar surface area (TPSA) is 91.3 Å². The molecular weight excluding hydrogens is 324 g/mol. The fraction of sp³-hybridized carbons (Fsp3) is 0.375. The van der Waals surface area contributed by atoms with Crippen molar-refractivity contribution in [2.75, 3.05) is 20.1 Å². The molecule has 0 saturated heterocycles. The van der Waals surface area contributed by atoms with Crippen LogP contribution < -0.4 is 16.0 Å². The number of hydrogen-bond acceptors (Lipinski definition) is 5. The summed E-state index contributed by atoms with van der Waals surface area (Å²) in [4.78, 5) is 25.6. The van der Waals surface area contributed by atoms with Gasteiger partial charge in [0.25, 0.3) is 5.91 Å². The number of rotatable bonds is 6. The van der Waals surface area contributed by atoms with Gasteiger partial charge in [-0.25, -0.2) is 4.98 Å². The number of hydrogen-bond donors (Lipinski definition) is 3. The van der Waals surface area contributed by atoms with Gasteiger partial charge in [0.1, 0.15) is 0 Å². The summed E-state index contributed by atoms with van der Waals surface area (Å²) in [7, 11) is 1.72. The highest BCUT2D eigenvalue weighted by molar-refractivity contribution is 7.11. The van der Waals surface area contributed by atoms with Crippen LogP contribution in [0.3, 0.4) is 0 Å². The van der Waals surface area contributed by atoms with Gasteiger partial charge in [-0.05, 0) is 26.0 Å². The molecule has 0 saturated carbocycles. The second-order valence-corrected chi connectivity index (χ2v) is 6.38. The highest BCUT2D eigenvalue weighted by Crippen LogP contribution is 2.16. The van der Waals surface area contributed by atoms with Crippen LogP contribution >= 0.6 is 11.3 Å². The molecule has 0 spiro atoms. The second-order valence-electron chi connectivity index (χ2n) is 5.09. The van der Waals surface area contributed by atoms with E-state index in [-0.39, 0.29) is 5.91 Å². The van der Waals surface area contributed by atoms with Crippen molar-refractivity contribution >= 4 is 23.2 Å². The maximum absolute atomic E-state index is 11.9. The molecule has 2 heterocycles. The minimum Gasteiger partial charge on any atom is -0.355 e. The fourth-order valence-electron chi connectivity index (χ4n) is 2.08. The van der Waals surface area contributed by atoms with E-state index < -0.39 is 0 Å². The number of aromatic nitrogens is 2. The predicted octanol–water partition coefficient (Wildman–Crippen LogP) is 1.25. The number of carbonyl (C=O) groups excluding carboxylic acids is 1. The van der Waals surface area contributed by atoms with Gasteiger partial charge in [0.05, 0.1) is 22.8 Å². The molecule has 7 nitrogen and oxygen atoms in total. The Morgan fingerprint density at radius 2 is 2.04 bits per heavy atom. The predicted molar refractivity (Wildman–Crippen MR) is 96.4 cm³/mol. The van der Waals surface area contributed by atoms with Crippen LogP contribution in [-0.2, 0) is 6.54 Å². The molecule has 2 aromatic heterocycles. The molecular formula is C16H22N6OS. The summed E-state index contributed by atoms with van der Waals surface area (Å²) >= 11 is 1.68. The van der Waals surface area contributed by atoms with E-state index in [1.165, 1.54) is 4.88 Å². The third-order valence-electron chi connectivity index (χ3n) is 3.27. The molecule has 0 atom stereocenters. The van der Waals surface area contributed by atoms with E-state index in [1.807, 2.05) is 13.8 Å². The van der Waals surface area contributed by atoms with E-state index in [1.54, 1.807) is 42.9 Å². The number of nitrogens with zero attached hydrogens (tertiary/aromatic N) is 3. The fourth-order valence-corrected chi connectivity index (χ4v) is 2.96. The standard InChI is InChI=1S/C16H22N6OS/c1-11-14(24-12(2)22-11)10-21-16(17-3)20-8-7-19-15(23)13-5-4-6-18-9-13/h4-6,9H,7-8,10H2,1-3H3,(H,19,23)(H2,17,20,21). The molecule has 0 aliphatic rings. The smallest absolute Gasteiger partial charge is 0.252 e. The minimum absolute atomic E-state index is 0.136. The van der Waals surface area contributed by atoms with Gasteiger partial charge in [-0.3, -0.25) is 14.8 Å². The lowest BCUT2D eigenvalue weighted by Crippen LogP contribution is -2.41. The van der Waals surface area contributed by atoms with Crippen molar-refractivity contribution in [3.05, 3.63) is 45.7 Å². The van der Waals surface area contributed by atoms with Crippen LogP contribution in [0.4, 0.5) is 0 Å². The van der Waals surface area contributed by atoms with Crippen molar-refractivity contribution < 1.29 is 4.79 Å². The van der Waals surface area contributed by atoms with Gasteiger partial charge in [-0.15, -0.1) is 11.3 Å². The SMILES string of the molecule is CN=C(NCCNC(=O)c1cccnc1)NCc1sc(C)nc1C. The molecule has 0 unspecified atom stereocenters. The first-order valence-electron chi connectivity index (χ1n) is 7.66. The average molecular weight is 346 g/mol. The Bertz CT molecular complexity index is 698. The maximum atomic E-state index is 11.9. The Morgan fingerprint density at radius 3 is 2.67 bits per heavy atom. The Balaban J connectivity index is 1.70. The third kappa shape index (κ3) is 5.31. The van der Waals surface area contributed by atoms with Crippen LogP contribution in [-0.4, -0.2) is 42.0 Å². The number of guanidine groups is 1. The first-order valence-corrected chi connectivity index (χ1v) is 8.47. The van der Waals surface area contributed by atoms with Crippen molar-refractivity contribution in [1.29, 1.82) is 0 Å². The van der Waals surface area contributed by atoms with Gasteiger partial charge in [0.2, 0.25) is 0 Å². The van der Waals surface area contributed by atoms with Crippen molar-refractivity contribution in [3.63, 3.8) is 0 Å². The molecule has 0 radical (unpaired) electrons. The summed E-state index contributed by atoms with van der Waals surface area (Å²) < 4.78 is 0. The summed E-state index contributed by atoms with van der Waals surface area (Å²) in [6, 6.07) is 3.47. The van der Waals surface area contributed by atoms with Gasteiger partial charge in [-0.2, -0.15) is 0 Å². The summed E-state index contributed by atoms with van der Waals surface area (Å²) in [5.41, 5.74) is 1.60. The molecule has 0 aliphatic heterocycles. The lowest BCUT2D eigenvalue weighted by Gasteiger charge is -2.12. The Hall–Kier alpha value is -2.48. The van der Waals surface area contributed by atoms with Crippen LogP contribution in [0.25, 0.3) is 0 Å². The number of aryl methyl sites for hydroxylation is 2. The van der Waals surface area contributed by atoms with Crippen molar-refractivity contribution in [1.82, 2.24) is 25.9 Å². The minimum atomic E-state index is -0.136. The van der Waals surface area contributed by atoms with Gasteiger partial charge in [-0.1, -0.05) is 0 Å². The normalized spacial score (nSPS) is 11.2. The van der Waals surface area contributed by atoms with Crippen LogP contribution in [0.2, 0.25) is 0 Å². The van der Waals surface area contributed by atoms with E-state index in [0.717, 1.165) is 10.7 Å². The van der Waals surface area contributed by atoms with Crippen molar-refractivity contribution in [2.45, 2.75) is 20.4 Å². The van der Waals surface area contributed by atoms with E-state index >= 15 is 0 Å². The van der Waals surface area contributed by atoms with E-state index in [2.05, 4.69) is 30.9 Å². The number of pyridine rings is 1. The number of nitrogens with one attached hydrogen (secondary N) is 3. The first-order chi connectivity index (χ1) is 11.6. The Kier molecular flexibility index (Phi) is 6.68. The summed E-state index contributed by atoms with van der Waals surface area (Å²) in [5, 5.41) is 10.3. The maximum Gasteiger partial charge on any atom is 0.252 e. The Morgan fingerprint density at radius 1 is 1.25 bits per heavy atom. The number of aliphatic imine (C=N–C) groups is 1. The summed E-state index contributed by atoms with van der Waals surface area (Å²) in [6.45, 7) is 5.75. The summed E-state index contributed by atoms with van der Waals surface area (Å²) in [6.07, 6.45) is 3.18. The van der Waals surface area contributed by atoms with Crippen LogP contribution in [0, 0.1) is 13.8 Å². The quantitative estimate of drug-likeness (QED) is 0.416. The molecule has 128 valence electrons. The largest absolute Gasteiger partial charge is 0.355 e. The zero-order valence-electron chi connectivity index (χ0n) is 14.1. The zero-order chi connectivity index (χ0) is 17.4. The molecule has 1 amide bonds. The van der Waals surface area contributed by atoms with Crippen LogP contribution in [0.1, 0.15) is 25.9 Å². The lowest BCUT2D eigenvalue weighted by atomic mass is 10.3. The number of carbonyl (C=O) groups is 1. The van der Waals surface area contributed by atoms with Crippen LogP contribution in [0.15, 0.2) is 29.5 Å². The molecule has 24 heavy (non-hydrogen) atoms. The van der Waals surface area contributed by atoms with Crippen LogP contribution in [0.5, 0.6) is 0 Å². The van der Waals surface area contributed by atoms with E-state index in [9.17, 15) is 4.79 Å². The summed E-state index contributed by atoms with van der Waals surface area (Å²) in [5.74, 6) is 0.555. The number of thiazole rings is 1. The number of amides is 1. The second kappa shape index (κ2) is 8.97. The Labute approximate surface area is 145 Å². The monoisotopic (exact) mass is 346 g/mol. The third-order valence-corrected chi connectivity index (χ3v) is 4.34. The molecule has 0 aliphatic carbocycles. The highest BCUT2D eigenvalue weighted by atomic mass is 32.1. The molecule has 3 N–H and O–H groups in total. The zero-order valence-corrected chi connectivity index (χ0v) is 14.9. The molecule has 2 aromatic rings. The van der Waals surface area contributed by atoms with E-state index in [4.69, 9.17) is 0 Å². The van der Waals surface area contributed by atoms with E-state index in [0.29, 0.717) is 31.2 Å². The molecule has 0 fully saturated rings. The van der Waals surface area contributed by atoms with Gasteiger partial charge >= 0.3 is 0 Å². The molecule has 8 heteroatoms. The molecule has 0 aromatic carbocycles.